The summed E-state index contributed by atoms with van der Waals surface area (Å²) in [6, 6.07) is 22.1. The molecule has 0 aromatic heterocycles. The second-order valence-electron chi connectivity index (χ2n) is 10.8. The van der Waals surface area contributed by atoms with Crippen molar-refractivity contribution in [1.29, 1.82) is 0 Å². The Morgan fingerprint density at radius 2 is 1.60 bits per heavy atom. The molecule has 0 spiro atoms. The van der Waals surface area contributed by atoms with Gasteiger partial charge in [-0.15, -0.1) is 0 Å². The zero-order valence-corrected chi connectivity index (χ0v) is 25.9. The van der Waals surface area contributed by atoms with E-state index in [1.165, 1.54) is 6.92 Å². The lowest BCUT2D eigenvalue weighted by Gasteiger charge is -2.37. The minimum absolute atomic E-state index is 0.0200. The van der Waals surface area contributed by atoms with Crippen LogP contribution in [-0.2, 0) is 19.1 Å². The van der Waals surface area contributed by atoms with Crippen molar-refractivity contribution in [2.24, 2.45) is 0 Å². The quantitative estimate of drug-likeness (QED) is 0.159. The molecular formula is C36H37NO8. The lowest BCUT2D eigenvalue weighted by Crippen LogP contribution is -2.36. The van der Waals surface area contributed by atoms with E-state index in [1.807, 2.05) is 68.4 Å². The fourth-order valence-corrected chi connectivity index (χ4v) is 5.85. The third kappa shape index (κ3) is 7.20. The molecule has 0 fully saturated rings. The van der Waals surface area contributed by atoms with Gasteiger partial charge in [-0.2, -0.15) is 0 Å². The molecule has 1 N–H and O–H groups in total. The molecule has 0 saturated heterocycles. The second kappa shape index (κ2) is 14.2. The van der Waals surface area contributed by atoms with Crippen LogP contribution in [0, 0.1) is 0 Å². The Hall–Kier alpha value is -5.05. The SMILES string of the molecule is CCOc1cc([C@@H]2C(C(=O)OCCOc3ccccc3)=C(C)NC3=C2C(=O)C[C@H](c2ccc(OC)cc2)C3)ccc1OC(C)=O. The topological polar surface area (TPSA) is 109 Å². The molecule has 0 saturated carbocycles. The number of ketones is 1. The van der Waals surface area contributed by atoms with Crippen molar-refractivity contribution in [3.05, 3.63) is 106 Å². The largest absolute Gasteiger partial charge is 0.497 e. The van der Waals surface area contributed by atoms with Gasteiger partial charge in [0.15, 0.2) is 17.3 Å². The lowest BCUT2D eigenvalue weighted by atomic mass is 9.71. The smallest absolute Gasteiger partial charge is 0.336 e. The van der Waals surface area contributed by atoms with Crippen LogP contribution in [0.3, 0.4) is 0 Å². The van der Waals surface area contributed by atoms with Gasteiger partial charge in [-0.05, 0) is 73.7 Å². The standard InChI is InChI=1S/C36H37NO8/c1-5-42-32-21-25(13-16-31(32)45-23(3)38)34-33(36(40)44-18-17-43-28-9-7-6-8-10-28)22(2)37-29-19-26(20-30(39)35(29)34)24-11-14-27(41-4)15-12-24/h6-16,21,26,34,37H,5,17-20H2,1-4H3/t26-,34-/m1/s1. The number of Topliss-reactive ketones (excluding diaryl/α,β-unsaturated/α-hetero) is 1. The number of allylic oxidation sites excluding steroid dienone is 3. The van der Waals surface area contributed by atoms with E-state index in [2.05, 4.69) is 5.32 Å². The molecule has 0 amide bonds. The van der Waals surface area contributed by atoms with Crippen LogP contribution in [0.5, 0.6) is 23.0 Å². The molecule has 2 aliphatic rings. The number of methoxy groups -OCH3 is 1. The Kier molecular flexibility index (Phi) is 9.87. The number of para-hydroxylation sites is 1. The average molecular weight is 612 g/mol. The maximum Gasteiger partial charge on any atom is 0.336 e. The van der Waals surface area contributed by atoms with Gasteiger partial charge < -0.3 is 29.0 Å². The highest BCUT2D eigenvalue weighted by atomic mass is 16.6. The van der Waals surface area contributed by atoms with Crippen LogP contribution in [0.15, 0.2) is 95.3 Å². The van der Waals surface area contributed by atoms with Gasteiger partial charge >= 0.3 is 11.9 Å². The van der Waals surface area contributed by atoms with E-state index >= 15 is 0 Å². The van der Waals surface area contributed by atoms with Gasteiger partial charge in [0, 0.05) is 36.2 Å². The molecule has 0 radical (unpaired) electrons. The summed E-state index contributed by atoms with van der Waals surface area (Å²) in [4.78, 5) is 39.5. The fraction of sp³-hybridized carbons (Fsp3) is 0.306. The summed E-state index contributed by atoms with van der Waals surface area (Å²) in [5.74, 6) is 0.139. The summed E-state index contributed by atoms with van der Waals surface area (Å²) >= 11 is 0. The van der Waals surface area contributed by atoms with Crippen molar-refractivity contribution in [3.63, 3.8) is 0 Å². The first-order valence-electron chi connectivity index (χ1n) is 15.0. The zero-order valence-electron chi connectivity index (χ0n) is 25.9. The predicted octanol–water partition coefficient (Wildman–Crippen LogP) is 6.00. The minimum Gasteiger partial charge on any atom is -0.497 e. The van der Waals surface area contributed by atoms with E-state index in [0.29, 0.717) is 46.9 Å². The van der Waals surface area contributed by atoms with Gasteiger partial charge in [-0.1, -0.05) is 36.4 Å². The van der Waals surface area contributed by atoms with Crippen LogP contribution in [0.2, 0.25) is 0 Å². The Labute approximate surface area is 262 Å². The monoisotopic (exact) mass is 611 g/mol. The Balaban J connectivity index is 1.48. The van der Waals surface area contributed by atoms with Crippen LogP contribution in [0.1, 0.15) is 56.6 Å². The van der Waals surface area contributed by atoms with E-state index < -0.39 is 17.9 Å². The number of esters is 2. The molecule has 45 heavy (non-hydrogen) atoms. The number of ether oxygens (including phenoxy) is 5. The van der Waals surface area contributed by atoms with Crippen molar-refractivity contribution in [3.8, 4) is 23.0 Å². The van der Waals surface area contributed by atoms with Gasteiger partial charge in [-0.3, -0.25) is 9.59 Å². The van der Waals surface area contributed by atoms with Crippen molar-refractivity contribution in [1.82, 2.24) is 5.32 Å². The number of nitrogens with one attached hydrogen (secondary N) is 1. The molecule has 3 aromatic carbocycles. The van der Waals surface area contributed by atoms with Gasteiger partial charge in [-0.25, -0.2) is 4.79 Å². The maximum absolute atomic E-state index is 14.0. The molecule has 3 aromatic rings. The van der Waals surface area contributed by atoms with Gasteiger partial charge in [0.1, 0.15) is 24.7 Å². The Morgan fingerprint density at radius 1 is 0.867 bits per heavy atom. The van der Waals surface area contributed by atoms with Crippen molar-refractivity contribution >= 4 is 17.7 Å². The molecule has 1 aliphatic carbocycles. The molecule has 234 valence electrons. The van der Waals surface area contributed by atoms with Gasteiger partial charge in [0.2, 0.25) is 0 Å². The summed E-state index contributed by atoms with van der Waals surface area (Å²) in [6.07, 6.45) is 0.859. The highest BCUT2D eigenvalue weighted by Crippen LogP contribution is 2.47. The van der Waals surface area contributed by atoms with Crippen molar-refractivity contribution in [2.75, 3.05) is 26.9 Å². The number of carbonyl (C=O) groups is 3. The van der Waals surface area contributed by atoms with E-state index in [1.54, 1.807) is 25.3 Å². The maximum atomic E-state index is 14.0. The van der Waals surface area contributed by atoms with Crippen LogP contribution in [0.4, 0.5) is 0 Å². The zero-order chi connectivity index (χ0) is 31.9. The molecule has 9 nitrogen and oxygen atoms in total. The van der Waals surface area contributed by atoms with E-state index in [-0.39, 0.29) is 37.1 Å². The first kappa shape index (κ1) is 31.4. The second-order valence-corrected chi connectivity index (χ2v) is 10.8. The summed E-state index contributed by atoms with van der Waals surface area (Å²) in [6.45, 7) is 5.46. The van der Waals surface area contributed by atoms with Crippen LogP contribution in [-0.4, -0.2) is 44.7 Å². The number of hydrogen-bond acceptors (Lipinski definition) is 9. The summed E-state index contributed by atoms with van der Waals surface area (Å²) in [5, 5.41) is 3.38. The molecular weight excluding hydrogens is 574 g/mol. The molecule has 2 atom stereocenters. The summed E-state index contributed by atoms with van der Waals surface area (Å²) in [7, 11) is 1.62. The number of carbonyl (C=O) groups excluding carboxylic acids is 3. The number of dihydropyridines is 1. The lowest BCUT2D eigenvalue weighted by molar-refractivity contribution is -0.140. The number of rotatable bonds is 11. The first-order chi connectivity index (χ1) is 21.8. The van der Waals surface area contributed by atoms with Crippen LogP contribution >= 0.6 is 0 Å². The van der Waals surface area contributed by atoms with Gasteiger partial charge in [0.25, 0.3) is 0 Å². The third-order valence-electron chi connectivity index (χ3n) is 7.82. The van der Waals surface area contributed by atoms with E-state index in [9.17, 15) is 14.4 Å². The van der Waals surface area contributed by atoms with Crippen molar-refractivity contribution in [2.45, 2.75) is 45.4 Å². The molecule has 0 bridgehead atoms. The highest BCUT2D eigenvalue weighted by Gasteiger charge is 2.41. The van der Waals surface area contributed by atoms with E-state index in [4.69, 9.17) is 23.7 Å². The molecule has 9 heteroatoms. The third-order valence-corrected chi connectivity index (χ3v) is 7.82. The molecule has 0 unspecified atom stereocenters. The molecule has 5 rings (SSSR count). The van der Waals surface area contributed by atoms with Crippen LogP contribution in [0.25, 0.3) is 0 Å². The number of hydrogen-bond donors (Lipinski definition) is 1. The number of benzene rings is 3. The predicted molar refractivity (Wildman–Crippen MR) is 167 cm³/mol. The Bertz CT molecular complexity index is 1620. The van der Waals surface area contributed by atoms with Crippen LogP contribution < -0.4 is 24.3 Å². The van der Waals surface area contributed by atoms with E-state index in [0.717, 1.165) is 17.0 Å². The average Bonchev–Trinajstić information content (AvgIpc) is 3.03. The highest BCUT2D eigenvalue weighted by molar-refractivity contribution is 6.04. The van der Waals surface area contributed by atoms with Crippen molar-refractivity contribution < 1.29 is 38.1 Å². The van der Waals surface area contributed by atoms with Gasteiger partial charge in [0.05, 0.1) is 19.3 Å². The Morgan fingerprint density at radius 3 is 2.29 bits per heavy atom. The summed E-state index contributed by atoms with van der Waals surface area (Å²) < 4.78 is 27.9. The molecule has 1 aliphatic heterocycles. The summed E-state index contributed by atoms with van der Waals surface area (Å²) in [5.41, 5.74) is 3.88. The first-order valence-corrected chi connectivity index (χ1v) is 15.0. The normalized spacial score (nSPS) is 17.6. The fourth-order valence-electron chi connectivity index (χ4n) is 5.85. The minimum atomic E-state index is -0.723. The molecule has 1 heterocycles.